The van der Waals surface area contributed by atoms with Gasteiger partial charge in [0.1, 0.15) is 5.01 Å². The lowest BCUT2D eigenvalue weighted by molar-refractivity contribution is 0.0979. The third kappa shape index (κ3) is 2.00. The van der Waals surface area contributed by atoms with E-state index in [9.17, 15) is 4.79 Å². The predicted octanol–water partition coefficient (Wildman–Crippen LogP) is 2.63. The lowest BCUT2D eigenvalue weighted by Crippen LogP contribution is -2.10. The number of benzene rings is 1. The number of rotatable bonds is 3. The number of nitriles is 1. The molecule has 78 valence electrons. The first-order valence-corrected chi connectivity index (χ1v) is 5.59. The Morgan fingerprint density at radius 3 is 2.69 bits per heavy atom. The van der Waals surface area contributed by atoms with Gasteiger partial charge in [0, 0.05) is 17.1 Å². The van der Waals surface area contributed by atoms with E-state index in [0.29, 0.717) is 10.6 Å². The van der Waals surface area contributed by atoms with Gasteiger partial charge in [0.05, 0.1) is 6.07 Å². The standard InChI is InChI=1S/C12H8N2OS/c13-8-10(12-14-6-7-16-12)11(15)9-4-2-1-3-5-9/h1-7,10H. The van der Waals surface area contributed by atoms with Gasteiger partial charge in [0.25, 0.3) is 0 Å². The largest absolute Gasteiger partial charge is 0.292 e. The van der Waals surface area contributed by atoms with E-state index in [1.54, 1.807) is 35.8 Å². The summed E-state index contributed by atoms with van der Waals surface area (Å²) in [5.41, 5.74) is 0.546. The minimum absolute atomic E-state index is 0.196. The molecule has 3 nitrogen and oxygen atoms in total. The van der Waals surface area contributed by atoms with Gasteiger partial charge >= 0.3 is 0 Å². The molecule has 0 aliphatic carbocycles. The van der Waals surface area contributed by atoms with Gasteiger partial charge in [-0.15, -0.1) is 11.3 Å². The number of Topliss-reactive ketones (excluding diaryl/α,β-unsaturated/α-hetero) is 1. The lowest BCUT2D eigenvalue weighted by atomic mass is 10.00. The molecule has 0 aliphatic heterocycles. The van der Waals surface area contributed by atoms with Crippen LogP contribution in [0.15, 0.2) is 41.9 Å². The maximum Gasteiger partial charge on any atom is 0.186 e. The van der Waals surface area contributed by atoms with Crippen LogP contribution in [0.5, 0.6) is 0 Å². The highest BCUT2D eigenvalue weighted by atomic mass is 32.1. The molecule has 0 aliphatic rings. The van der Waals surface area contributed by atoms with Crippen LogP contribution < -0.4 is 0 Å². The van der Waals surface area contributed by atoms with E-state index < -0.39 is 5.92 Å². The fourth-order valence-corrected chi connectivity index (χ4v) is 2.05. The van der Waals surface area contributed by atoms with Crippen molar-refractivity contribution < 1.29 is 4.79 Å². The van der Waals surface area contributed by atoms with Gasteiger partial charge in [0.2, 0.25) is 0 Å². The molecule has 2 rings (SSSR count). The summed E-state index contributed by atoms with van der Waals surface area (Å²) in [6, 6.07) is 10.8. The highest BCUT2D eigenvalue weighted by Gasteiger charge is 2.23. The van der Waals surface area contributed by atoms with E-state index in [1.165, 1.54) is 11.3 Å². The van der Waals surface area contributed by atoms with Crippen LogP contribution in [0, 0.1) is 11.3 Å². The zero-order valence-electron chi connectivity index (χ0n) is 8.33. The van der Waals surface area contributed by atoms with E-state index in [4.69, 9.17) is 5.26 Å². The minimum Gasteiger partial charge on any atom is -0.292 e. The van der Waals surface area contributed by atoms with Crippen LogP contribution >= 0.6 is 11.3 Å². The smallest absolute Gasteiger partial charge is 0.186 e. The number of hydrogen-bond donors (Lipinski definition) is 0. The second kappa shape index (κ2) is 4.69. The molecule has 0 bridgehead atoms. The number of hydrogen-bond acceptors (Lipinski definition) is 4. The first-order chi connectivity index (χ1) is 7.83. The van der Waals surface area contributed by atoms with Crippen molar-refractivity contribution in [3.05, 3.63) is 52.5 Å². The van der Waals surface area contributed by atoms with Crippen LogP contribution in [0.25, 0.3) is 0 Å². The van der Waals surface area contributed by atoms with Gasteiger partial charge in [-0.3, -0.25) is 4.79 Å². The minimum atomic E-state index is -0.789. The molecular weight excluding hydrogens is 220 g/mol. The number of aromatic nitrogens is 1. The van der Waals surface area contributed by atoms with E-state index in [1.807, 2.05) is 12.1 Å². The molecule has 0 saturated carbocycles. The molecule has 4 heteroatoms. The fourth-order valence-electron chi connectivity index (χ4n) is 1.37. The molecule has 16 heavy (non-hydrogen) atoms. The summed E-state index contributed by atoms with van der Waals surface area (Å²) in [6.45, 7) is 0. The van der Waals surface area contributed by atoms with Crippen molar-refractivity contribution in [3.8, 4) is 6.07 Å². The van der Waals surface area contributed by atoms with Gasteiger partial charge in [-0.05, 0) is 0 Å². The molecule has 1 atom stereocenters. The van der Waals surface area contributed by atoms with Crippen LogP contribution in [0.2, 0.25) is 0 Å². The molecule has 0 spiro atoms. The van der Waals surface area contributed by atoms with Crippen molar-refractivity contribution >= 4 is 17.1 Å². The summed E-state index contributed by atoms with van der Waals surface area (Å²) < 4.78 is 0. The first-order valence-electron chi connectivity index (χ1n) is 4.71. The maximum absolute atomic E-state index is 12.0. The summed E-state index contributed by atoms with van der Waals surface area (Å²) in [5.74, 6) is -0.986. The van der Waals surface area contributed by atoms with Crippen LogP contribution in [0.4, 0.5) is 0 Å². The number of thiazole rings is 1. The van der Waals surface area contributed by atoms with Crippen LogP contribution in [-0.2, 0) is 0 Å². The van der Waals surface area contributed by atoms with Crippen LogP contribution in [0.1, 0.15) is 21.3 Å². The Morgan fingerprint density at radius 2 is 2.12 bits per heavy atom. The van der Waals surface area contributed by atoms with E-state index in [2.05, 4.69) is 4.98 Å². The number of carbonyl (C=O) groups excluding carboxylic acids is 1. The van der Waals surface area contributed by atoms with Crippen molar-refractivity contribution in [2.75, 3.05) is 0 Å². The first kappa shape index (κ1) is 10.5. The Kier molecular flexibility index (Phi) is 3.08. The third-order valence-electron chi connectivity index (χ3n) is 2.15. The highest BCUT2D eigenvalue weighted by Crippen LogP contribution is 2.21. The van der Waals surface area contributed by atoms with Crippen LogP contribution in [0.3, 0.4) is 0 Å². The lowest BCUT2D eigenvalue weighted by Gasteiger charge is -2.04. The molecule has 0 radical (unpaired) electrons. The zero-order chi connectivity index (χ0) is 11.4. The molecule has 1 heterocycles. The van der Waals surface area contributed by atoms with Gasteiger partial charge in [-0.2, -0.15) is 5.26 Å². The van der Waals surface area contributed by atoms with Crippen molar-refractivity contribution in [3.63, 3.8) is 0 Å². The monoisotopic (exact) mass is 228 g/mol. The average Bonchev–Trinajstić information content (AvgIpc) is 2.85. The SMILES string of the molecule is N#CC(C(=O)c1ccccc1)c1nccs1. The molecule has 0 N–H and O–H groups in total. The predicted molar refractivity (Wildman–Crippen MR) is 61.2 cm³/mol. The molecule has 0 amide bonds. The normalized spacial score (nSPS) is 11.7. The Bertz CT molecular complexity index is 514. The van der Waals surface area contributed by atoms with Crippen molar-refractivity contribution in [1.82, 2.24) is 4.98 Å². The van der Waals surface area contributed by atoms with Crippen LogP contribution in [-0.4, -0.2) is 10.8 Å². The Hall–Kier alpha value is -1.99. The Morgan fingerprint density at radius 1 is 1.38 bits per heavy atom. The molecule has 2 aromatic rings. The van der Waals surface area contributed by atoms with Crippen molar-refractivity contribution in [2.24, 2.45) is 0 Å². The third-order valence-corrected chi connectivity index (χ3v) is 2.99. The van der Waals surface area contributed by atoms with Gasteiger partial charge in [-0.25, -0.2) is 4.98 Å². The molecule has 0 saturated heterocycles. The summed E-state index contributed by atoms with van der Waals surface area (Å²) in [6.07, 6.45) is 1.60. The molecule has 1 unspecified atom stereocenters. The Labute approximate surface area is 97.0 Å². The molecule has 0 fully saturated rings. The quantitative estimate of drug-likeness (QED) is 0.759. The fraction of sp³-hybridized carbons (Fsp3) is 0.0833. The van der Waals surface area contributed by atoms with E-state index in [0.717, 1.165) is 0 Å². The maximum atomic E-state index is 12.0. The van der Waals surface area contributed by atoms with E-state index in [-0.39, 0.29) is 5.78 Å². The number of nitrogens with zero attached hydrogens (tertiary/aromatic N) is 2. The Balaban J connectivity index is 2.31. The molecular formula is C12H8N2OS. The second-order valence-electron chi connectivity index (χ2n) is 3.16. The second-order valence-corrected chi connectivity index (χ2v) is 4.09. The zero-order valence-corrected chi connectivity index (χ0v) is 9.15. The summed E-state index contributed by atoms with van der Waals surface area (Å²) in [5, 5.41) is 11.3. The van der Waals surface area contributed by atoms with Gasteiger partial charge < -0.3 is 0 Å². The van der Waals surface area contributed by atoms with Crippen molar-refractivity contribution in [2.45, 2.75) is 5.92 Å². The average molecular weight is 228 g/mol. The topological polar surface area (TPSA) is 53.8 Å². The highest BCUT2D eigenvalue weighted by molar-refractivity contribution is 7.09. The number of ketones is 1. The van der Waals surface area contributed by atoms with Gasteiger partial charge in [0.15, 0.2) is 11.7 Å². The number of carbonyl (C=O) groups is 1. The molecule has 1 aromatic carbocycles. The van der Waals surface area contributed by atoms with Gasteiger partial charge in [-0.1, -0.05) is 30.3 Å². The van der Waals surface area contributed by atoms with Crippen molar-refractivity contribution in [1.29, 1.82) is 5.26 Å². The summed E-state index contributed by atoms with van der Waals surface area (Å²) in [4.78, 5) is 16.0. The molecule has 1 aromatic heterocycles. The summed E-state index contributed by atoms with van der Waals surface area (Å²) >= 11 is 1.32. The summed E-state index contributed by atoms with van der Waals surface area (Å²) in [7, 11) is 0. The van der Waals surface area contributed by atoms with E-state index >= 15 is 0 Å².